The monoisotopic (exact) mass is 281 g/mol. The van der Waals surface area contributed by atoms with Gasteiger partial charge in [-0.2, -0.15) is 4.98 Å². The standard InChI is InChI=1S/C14H20ClN3O/c1-9(15)12-16-10-6-7-11(19-5)17-13(10)18(12)8-14(2,3)4/h6-7,9H,8H2,1-5H3. The molecule has 2 aromatic heterocycles. The van der Waals surface area contributed by atoms with Gasteiger partial charge in [-0.15, -0.1) is 11.6 Å². The highest BCUT2D eigenvalue weighted by Gasteiger charge is 2.21. The molecule has 5 heteroatoms. The van der Waals surface area contributed by atoms with Crippen molar-refractivity contribution in [1.82, 2.24) is 14.5 Å². The first kappa shape index (κ1) is 14.1. The van der Waals surface area contributed by atoms with Gasteiger partial charge in [-0.25, -0.2) is 4.98 Å². The Bertz CT molecular complexity index is 584. The van der Waals surface area contributed by atoms with Gasteiger partial charge in [0.1, 0.15) is 11.3 Å². The zero-order chi connectivity index (χ0) is 14.2. The molecular weight excluding hydrogens is 262 g/mol. The van der Waals surface area contributed by atoms with E-state index in [1.807, 2.05) is 19.1 Å². The number of rotatable bonds is 3. The molecule has 0 saturated carbocycles. The van der Waals surface area contributed by atoms with Gasteiger partial charge in [0.15, 0.2) is 5.65 Å². The summed E-state index contributed by atoms with van der Waals surface area (Å²) in [6, 6.07) is 3.74. The highest BCUT2D eigenvalue weighted by molar-refractivity contribution is 6.20. The van der Waals surface area contributed by atoms with Crippen molar-refractivity contribution in [2.45, 2.75) is 39.6 Å². The van der Waals surface area contributed by atoms with Gasteiger partial charge in [0.25, 0.3) is 0 Å². The highest BCUT2D eigenvalue weighted by atomic mass is 35.5. The summed E-state index contributed by atoms with van der Waals surface area (Å²) < 4.78 is 7.28. The first-order valence-electron chi connectivity index (χ1n) is 6.37. The van der Waals surface area contributed by atoms with Gasteiger partial charge < -0.3 is 9.30 Å². The molecule has 0 saturated heterocycles. The molecular formula is C14H20ClN3O. The van der Waals surface area contributed by atoms with Crippen molar-refractivity contribution in [1.29, 1.82) is 0 Å². The smallest absolute Gasteiger partial charge is 0.215 e. The van der Waals surface area contributed by atoms with E-state index in [-0.39, 0.29) is 10.8 Å². The van der Waals surface area contributed by atoms with Crippen molar-refractivity contribution in [3.05, 3.63) is 18.0 Å². The lowest BCUT2D eigenvalue weighted by Crippen LogP contribution is -2.18. The molecule has 0 aliphatic rings. The maximum atomic E-state index is 6.24. The van der Waals surface area contributed by atoms with E-state index in [0.717, 1.165) is 23.5 Å². The summed E-state index contributed by atoms with van der Waals surface area (Å²) in [4.78, 5) is 9.09. The Labute approximate surface area is 118 Å². The van der Waals surface area contributed by atoms with E-state index in [2.05, 4.69) is 35.3 Å². The molecule has 4 nitrogen and oxygen atoms in total. The predicted molar refractivity (Wildman–Crippen MR) is 77.8 cm³/mol. The maximum absolute atomic E-state index is 6.24. The number of methoxy groups -OCH3 is 1. The largest absolute Gasteiger partial charge is 0.481 e. The molecule has 0 amide bonds. The maximum Gasteiger partial charge on any atom is 0.215 e. The third kappa shape index (κ3) is 3.00. The van der Waals surface area contributed by atoms with Crippen LogP contribution in [0.15, 0.2) is 12.1 Å². The van der Waals surface area contributed by atoms with Crippen molar-refractivity contribution in [3.63, 3.8) is 0 Å². The quantitative estimate of drug-likeness (QED) is 0.804. The average molecular weight is 282 g/mol. The van der Waals surface area contributed by atoms with E-state index in [9.17, 15) is 0 Å². The summed E-state index contributed by atoms with van der Waals surface area (Å²) in [5.74, 6) is 1.45. The molecule has 104 valence electrons. The summed E-state index contributed by atoms with van der Waals surface area (Å²) >= 11 is 6.24. The topological polar surface area (TPSA) is 39.9 Å². The van der Waals surface area contributed by atoms with Crippen LogP contribution in [0.25, 0.3) is 11.2 Å². The minimum Gasteiger partial charge on any atom is -0.481 e. The SMILES string of the molecule is COc1ccc2nc(C(C)Cl)n(CC(C)(C)C)c2n1. The van der Waals surface area contributed by atoms with E-state index in [4.69, 9.17) is 16.3 Å². The van der Waals surface area contributed by atoms with Gasteiger partial charge in [-0.3, -0.25) is 0 Å². The molecule has 2 aromatic rings. The van der Waals surface area contributed by atoms with E-state index in [1.54, 1.807) is 7.11 Å². The van der Waals surface area contributed by atoms with Gasteiger partial charge >= 0.3 is 0 Å². The van der Waals surface area contributed by atoms with Crippen LogP contribution in [0.5, 0.6) is 5.88 Å². The third-order valence-corrected chi connectivity index (χ3v) is 2.99. The molecule has 0 aliphatic carbocycles. The number of pyridine rings is 1. The lowest BCUT2D eigenvalue weighted by atomic mass is 9.97. The molecule has 0 aromatic carbocycles. The van der Waals surface area contributed by atoms with Crippen molar-refractivity contribution >= 4 is 22.8 Å². The number of alkyl halides is 1. The minimum absolute atomic E-state index is 0.124. The van der Waals surface area contributed by atoms with Gasteiger partial charge in [-0.05, 0) is 18.4 Å². The molecule has 0 bridgehead atoms. The lowest BCUT2D eigenvalue weighted by molar-refractivity contribution is 0.341. The van der Waals surface area contributed by atoms with Crippen LogP contribution in [0.3, 0.4) is 0 Å². The average Bonchev–Trinajstić information content (AvgIpc) is 2.65. The van der Waals surface area contributed by atoms with Crippen LogP contribution >= 0.6 is 11.6 Å². The fourth-order valence-electron chi connectivity index (χ4n) is 2.05. The number of fused-ring (bicyclic) bond motifs is 1. The van der Waals surface area contributed by atoms with Crippen molar-refractivity contribution < 1.29 is 4.74 Å². The van der Waals surface area contributed by atoms with E-state index >= 15 is 0 Å². The number of imidazole rings is 1. The van der Waals surface area contributed by atoms with Crippen LogP contribution in [-0.4, -0.2) is 21.6 Å². The van der Waals surface area contributed by atoms with Crippen LogP contribution in [0.1, 0.15) is 38.9 Å². The normalized spacial score (nSPS) is 13.8. The molecule has 1 unspecified atom stereocenters. The zero-order valence-electron chi connectivity index (χ0n) is 12.1. The number of aromatic nitrogens is 3. The third-order valence-electron chi connectivity index (χ3n) is 2.79. The predicted octanol–water partition coefficient (Wildman–Crippen LogP) is 3.79. The summed E-state index contributed by atoms with van der Waals surface area (Å²) in [6.07, 6.45) is 0. The van der Waals surface area contributed by atoms with Crippen LogP contribution in [0, 0.1) is 5.41 Å². The summed E-state index contributed by atoms with van der Waals surface area (Å²) in [7, 11) is 1.61. The Kier molecular flexibility index (Phi) is 3.72. The first-order chi connectivity index (χ1) is 8.81. The van der Waals surface area contributed by atoms with Gasteiger partial charge in [-0.1, -0.05) is 20.8 Å². The zero-order valence-corrected chi connectivity index (χ0v) is 12.8. The fourth-order valence-corrected chi connectivity index (χ4v) is 2.22. The van der Waals surface area contributed by atoms with Gasteiger partial charge in [0.05, 0.1) is 12.5 Å². The Morgan fingerprint density at radius 2 is 2.00 bits per heavy atom. The molecule has 0 radical (unpaired) electrons. The molecule has 19 heavy (non-hydrogen) atoms. The summed E-state index contributed by atoms with van der Waals surface area (Å²) in [5, 5.41) is -0.150. The van der Waals surface area contributed by atoms with E-state index < -0.39 is 0 Å². The van der Waals surface area contributed by atoms with E-state index in [1.165, 1.54) is 0 Å². The molecule has 0 N–H and O–H groups in total. The number of hydrogen-bond donors (Lipinski definition) is 0. The van der Waals surface area contributed by atoms with Crippen LogP contribution < -0.4 is 4.74 Å². The number of halogens is 1. The second-order valence-corrected chi connectivity index (χ2v) is 6.58. The van der Waals surface area contributed by atoms with Crippen molar-refractivity contribution in [3.8, 4) is 5.88 Å². The molecule has 1 atom stereocenters. The Morgan fingerprint density at radius 3 is 2.53 bits per heavy atom. The van der Waals surface area contributed by atoms with Crippen LogP contribution in [0.2, 0.25) is 0 Å². The number of nitrogens with zero attached hydrogens (tertiary/aromatic N) is 3. The molecule has 2 heterocycles. The fraction of sp³-hybridized carbons (Fsp3) is 0.571. The van der Waals surface area contributed by atoms with Crippen molar-refractivity contribution in [2.75, 3.05) is 7.11 Å². The lowest BCUT2D eigenvalue weighted by Gasteiger charge is -2.21. The molecule has 0 aliphatic heterocycles. The minimum atomic E-state index is -0.150. The Hall–Kier alpha value is -1.29. The van der Waals surface area contributed by atoms with Gasteiger partial charge in [0, 0.05) is 12.6 Å². The summed E-state index contributed by atoms with van der Waals surface area (Å²) in [6.45, 7) is 9.29. The second-order valence-electron chi connectivity index (χ2n) is 5.93. The molecule has 0 fully saturated rings. The van der Waals surface area contributed by atoms with Crippen LogP contribution in [-0.2, 0) is 6.54 Å². The molecule has 0 spiro atoms. The van der Waals surface area contributed by atoms with E-state index in [0.29, 0.717) is 5.88 Å². The first-order valence-corrected chi connectivity index (χ1v) is 6.81. The van der Waals surface area contributed by atoms with Crippen LogP contribution in [0.4, 0.5) is 0 Å². The number of ether oxygens (including phenoxy) is 1. The Morgan fingerprint density at radius 1 is 1.32 bits per heavy atom. The van der Waals surface area contributed by atoms with Gasteiger partial charge in [0.2, 0.25) is 5.88 Å². The second kappa shape index (κ2) is 5.00. The van der Waals surface area contributed by atoms with Crippen molar-refractivity contribution in [2.24, 2.45) is 5.41 Å². The summed E-state index contributed by atoms with van der Waals surface area (Å²) in [5.41, 5.74) is 1.81. The molecule has 2 rings (SSSR count). The Balaban J connectivity index is 2.63. The highest BCUT2D eigenvalue weighted by Crippen LogP contribution is 2.28. The number of hydrogen-bond acceptors (Lipinski definition) is 3.